The molecule has 3 heterocycles. The quantitative estimate of drug-likeness (QED) is 0.246. The van der Waals surface area contributed by atoms with Gasteiger partial charge in [0.2, 0.25) is 0 Å². The van der Waals surface area contributed by atoms with Crippen molar-refractivity contribution in [1.29, 1.82) is 0 Å². The third-order valence-corrected chi connectivity index (χ3v) is 6.41. The van der Waals surface area contributed by atoms with Crippen LogP contribution >= 0.6 is 11.6 Å². The van der Waals surface area contributed by atoms with Crippen LogP contribution in [0.3, 0.4) is 0 Å². The van der Waals surface area contributed by atoms with Crippen molar-refractivity contribution in [2.45, 2.75) is 46.3 Å². The van der Waals surface area contributed by atoms with E-state index >= 15 is 0 Å². The van der Waals surface area contributed by atoms with Gasteiger partial charge >= 0.3 is 6.09 Å². The number of carbonyl (C=O) groups excluding carboxylic acids is 2. The third-order valence-electron chi connectivity index (χ3n) is 6.11. The van der Waals surface area contributed by atoms with E-state index in [0.717, 1.165) is 27.8 Å². The van der Waals surface area contributed by atoms with Gasteiger partial charge in [-0.1, -0.05) is 41.9 Å². The summed E-state index contributed by atoms with van der Waals surface area (Å²) in [4.78, 5) is 30.6. The first-order chi connectivity index (χ1) is 18.5. The van der Waals surface area contributed by atoms with E-state index in [1.807, 2.05) is 50.2 Å². The van der Waals surface area contributed by atoms with Crippen molar-refractivity contribution in [2.75, 3.05) is 5.32 Å². The molecule has 2 amide bonds. The van der Waals surface area contributed by atoms with Crippen LogP contribution in [0.1, 0.15) is 55.4 Å². The van der Waals surface area contributed by atoms with E-state index in [1.54, 1.807) is 39.2 Å². The molecule has 1 unspecified atom stereocenters. The molecule has 39 heavy (non-hydrogen) atoms. The minimum Gasteiger partial charge on any atom is -0.444 e. The maximum absolute atomic E-state index is 13.7. The number of rotatable bonds is 5. The SMILES string of the molecule is Cc1[nH]nc2c(-c3ccccc3)c(C(C)NC(=O)c3c(NC(=O)OC(C)(C)C)nn4cccnc34)cc(Cl)c12. The number of halogens is 1. The van der Waals surface area contributed by atoms with E-state index in [4.69, 9.17) is 16.3 Å². The van der Waals surface area contributed by atoms with Crippen LogP contribution in [0, 0.1) is 6.92 Å². The summed E-state index contributed by atoms with van der Waals surface area (Å²) in [6.07, 6.45) is 2.46. The zero-order chi connectivity index (χ0) is 27.9. The first kappa shape index (κ1) is 26.2. The molecule has 11 heteroatoms. The van der Waals surface area contributed by atoms with E-state index in [-0.39, 0.29) is 17.0 Å². The molecule has 10 nitrogen and oxygen atoms in total. The molecule has 3 aromatic heterocycles. The maximum atomic E-state index is 13.7. The van der Waals surface area contributed by atoms with Crippen molar-refractivity contribution in [2.24, 2.45) is 0 Å². The van der Waals surface area contributed by atoms with Crippen molar-refractivity contribution >= 4 is 46.0 Å². The first-order valence-electron chi connectivity index (χ1n) is 12.4. The van der Waals surface area contributed by atoms with Crippen LogP contribution in [0.5, 0.6) is 0 Å². The number of ether oxygens (including phenoxy) is 1. The lowest BCUT2D eigenvalue weighted by molar-refractivity contribution is 0.0635. The normalized spacial score (nSPS) is 12.5. The highest BCUT2D eigenvalue weighted by Crippen LogP contribution is 2.39. The lowest BCUT2D eigenvalue weighted by Gasteiger charge is -2.20. The first-order valence-corrected chi connectivity index (χ1v) is 12.8. The van der Waals surface area contributed by atoms with Gasteiger partial charge in [0, 0.05) is 29.0 Å². The van der Waals surface area contributed by atoms with Gasteiger partial charge in [-0.2, -0.15) is 5.10 Å². The molecule has 0 spiro atoms. The number of aromatic nitrogens is 5. The number of hydrogen-bond acceptors (Lipinski definition) is 6. The zero-order valence-corrected chi connectivity index (χ0v) is 22.9. The molecular weight excluding hydrogens is 518 g/mol. The Balaban J connectivity index is 1.55. The number of H-pyrrole nitrogens is 1. The minimum absolute atomic E-state index is 0.0346. The molecule has 0 aliphatic rings. The topological polar surface area (TPSA) is 126 Å². The molecule has 0 fully saturated rings. The predicted octanol–water partition coefficient (Wildman–Crippen LogP) is 6.07. The van der Waals surface area contributed by atoms with Crippen LogP contribution in [0.2, 0.25) is 5.02 Å². The number of aryl methyl sites for hydroxylation is 1. The summed E-state index contributed by atoms with van der Waals surface area (Å²) in [5, 5.41) is 18.9. The van der Waals surface area contributed by atoms with Crippen LogP contribution in [0.4, 0.5) is 10.6 Å². The number of nitrogens with one attached hydrogen (secondary N) is 3. The van der Waals surface area contributed by atoms with Gasteiger partial charge in [-0.15, -0.1) is 5.10 Å². The van der Waals surface area contributed by atoms with E-state index < -0.39 is 23.6 Å². The monoisotopic (exact) mass is 545 g/mol. The molecule has 1 atom stereocenters. The summed E-state index contributed by atoms with van der Waals surface area (Å²) in [5.74, 6) is -0.442. The average Bonchev–Trinajstić information content (AvgIpc) is 3.43. The predicted molar refractivity (Wildman–Crippen MR) is 150 cm³/mol. The van der Waals surface area contributed by atoms with Crippen molar-refractivity contribution < 1.29 is 14.3 Å². The second-order valence-electron chi connectivity index (χ2n) is 10.2. The number of benzene rings is 2. The Bertz CT molecular complexity index is 1700. The van der Waals surface area contributed by atoms with Gasteiger partial charge in [0.1, 0.15) is 16.7 Å². The highest BCUT2D eigenvalue weighted by Gasteiger charge is 2.27. The number of amides is 2. The van der Waals surface area contributed by atoms with Crippen LogP contribution in [-0.4, -0.2) is 42.4 Å². The minimum atomic E-state index is -0.731. The van der Waals surface area contributed by atoms with Crippen LogP contribution in [0.25, 0.3) is 27.7 Å². The van der Waals surface area contributed by atoms with E-state index in [2.05, 4.69) is 30.9 Å². The summed E-state index contributed by atoms with van der Waals surface area (Å²) in [5.41, 5.74) is 3.81. The Hall–Kier alpha value is -4.44. The fourth-order valence-corrected chi connectivity index (χ4v) is 4.85. The van der Waals surface area contributed by atoms with Gasteiger partial charge in [-0.3, -0.25) is 15.2 Å². The highest BCUT2D eigenvalue weighted by atomic mass is 35.5. The molecule has 0 bridgehead atoms. The van der Waals surface area contributed by atoms with Crippen molar-refractivity contribution in [3.05, 3.63) is 76.7 Å². The average molecular weight is 546 g/mol. The Kier molecular flexibility index (Phi) is 6.73. The molecule has 2 aromatic carbocycles. The largest absolute Gasteiger partial charge is 0.444 e. The second kappa shape index (κ2) is 10.0. The number of fused-ring (bicyclic) bond motifs is 2. The summed E-state index contributed by atoms with van der Waals surface area (Å²) in [6.45, 7) is 9.03. The standard InChI is InChI=1S/C28H28ClN7O3/c1-15(18-14-19(29)20-16(2)33-34-23(20)21(18)17-10-7-6-8-11-17)31-26(37)22-24(32-27(38)39-28(3,4)5)35-36-13-9-12-30-25(22)36/h6-15H,1-5H3,(H,31,37)(H,33,34)(H,32,35,38). The lowest BCUT2D eigenvalue weighted by atomic mass is 9.92. The summed E-state index contributed by atoms with van der Waals surface area (Å²) >= 11 is 6.70. The van der Waals surface area contributed by atoms with E-state index in [9.17, 15) is 9.59 Å². The molecule has 5 aromatic rings. The van der Waals surface area contributed by atoms with Gasteiger partial charge < -0.3 is 10.1 Å². The summed E-state index contributed by atoms with van der Waals surface area (Å²) in [6, 6.07) is 12.8. The Morgan fingerprint density at radius 1 is 1.15 bits per heavy atom. The smallest absolute Gasteiger partial charge is 0.413 e. The van der Waals surface area contributed by atoms with Gasteiger partial charge in [-0.05, 0) is 57.9 Å². The van der Waals surface area contributed by atoms with Gasteiger partial charge in [-0.25, -0.2) is 14.3 Å². The molecule has 200 valence electrons. The molecule has 0 saturated heterocycles. The van der Waals surface area contributed by atoms with E-state index in [1.165, 1.54) is 4.52 Å². The number of carbonyl (C=O) groups is 2. The molecule has 5 rings (SSSR count). The summed E-state index contributed by atoms with van der Waals surface area (Å²) < 4.78 is 6.80. The lowest BCUT2D eigenvalue weighted by Crippen LogP contribution is -2.30. The Labute approximate surface area is 229 Å². The molecular formula is C28H28ClN7O3. The van der Waals surface area contributed by atoms with E-state index in [0.29, 0.717) is 10.5 Å². The fraction of sp³-hybridized carbons (Fsp3) is 0.250. The second-order valence-corrected chi connectivity index (χ2v) is 10.6. The Morgan fingerprint density at radius 2 is 1.90 bits per heavy atom. The van der Waals surface area contributed by atoms with Gasteiger partial charge in [0.05, 0.1) is 11.1 Å². The van der Waals surface area contributed by atoms with Crippen molar-refractivity contribution in [1.82, 2.24) is 30.1 Å². The van der Waals surface area contributed by atoms with Crippen LogP contribution < -0.4 is 10.6 Å². The fourth-order valence-electron chi connectivity index (χ4n) is 4.50. The molecule has 0 radical (unpaired) electrons. The zero-order valence-electron chi connectivity index (χ0n) is 22.2. The van der Waals surface area contributed by atoms with Crippen molar-refractivity contribution in [3.63, 3.8) is 0 Å². The maximum Gasteiger partial charge on any atom is 0.413 e. The van der Waals surface area contributed by atoms with Gasteiger partial charge in [0.25, 0.3) is 5.91 Å². The Morgan fingerprint density at radius 3 is 2.62 bits per heavy atom. The van der Waals surface area contributed by atoms with Gasteiger partial charge in [0.15, 0.2) is 11.5 Å². The molecule has 0 saturated carbocycles. The number of aromatic amines is 1. The molecule has 0 aliphatic heterocycles. The third kappa shape index (κ3) is 5.15. The van der Waals surface area contributed by atoms with Crippen molar-refractivity contribution in [3.8, 4) is 11.1 Å². The highest BCUT2D eigenvalue weighted by molar-refractivity contribution is 6.36. The molecule has 0 aliphatic carbocycles. The summed E-state index contributed by atoms with van der Waals surface area (Å²) in [7, 11) is 0. The molecule has 3 N–H and O–H groups in total. The van der Waals surface area contributed by atoms with Crippen LogP contribution in [0.15, 0.2) is 54.9 Å². The number of hydrogen-bond donors (Lipinski definition) is 3. The number of anilines is 1. The van der Waals surface area contributed by atoms with Crippen LogP contribution in [-0.2, 0) is 4.74 Å². The number of nitrogens with zero attached hydrogens (tertiary/aromatic N) is 4.